The maximum absolute atomic E-state index is 13.9. The number of furan rings is 1. The van der Waals surface area contributed by atoms with Gasteiger partial charge in [-0.2, -0.15) is 0 Å². The first-order valence-electron chi connectivity index (χ1n) is 10.5. The fourth-order valence-corrected chi connectivity index (χ4v) is 5.28. The van der Waals surface area contributed by atoms with E-state index < -0.39 is 15.9 Å². The summed E-state index contributed by atoms with van der Waals surface area (Å²) in [6.07, 6.45) is 4.63. The maximum Gasteiger partial charge on any atom is 0.276 e. The van der Waals surface area contributed by atoms with Crippen LogP contribution in [0, 0.1) is 6.92 Å². The number of nitrogens with one attached hydrogen (secondary N) is 1. The van der Waals surface area contributed by atoms with Gasteiger partial charge in [-0.1, -0.05) is 6.07 Å². The zero-order valence-corrected chi connectivity index (χ0v) is 19.8. The van der Waals surface area contributed by atoms with Crippen LogP contribution in [0.25, 0.3) is 11.3 Å². The van der Waals surface area contributed by atoms with E-state index >= 15 is 0 Å². The van der Waals surface area contributed by atoms with Crippen molar-refractivity contribution in [1.82, 2.24) is 10.5 Å². The minimum atomic E-state index is -4.17. The zero-order valence-electron chi connectivity index (χ0n) is 19.0. The highest BCUT2D eigenvalue weighted by Crippen LogP contribution is 2.36. The maximum atomic E-state index is 13.9. The van der Waals surface area contributed by atoms with Crippen LogP contribution < -0.4 is 14.5 Å². The number of nitrogens with zero attached hydrogens (tertiary/aromatic N) is 2. The Kier molecular flexibility index (Phi) is 6.85. The average Bonchev–Trinajstić information content (AvgIpc) is 3.42. The highest BCUT2D eigenvalue weighted by Gasteiger charge is 2.31. The van der Waals surface area contributed by atoms with Crippen molar-refractivity contribution >= 4 is 21.6 Å². The van der Waals surface area contributed by atoms with Gasteiger partial charge in [-0.15, -0.1) is 0 Å². The van der Waals surface area contributed by atoms with Gasteiger partial charge in [0.1, 0.15) is 11.5 Å². The van der Waals surface area contributed by atoms with Gasteiger partial charge in [0.15, 0.2) is 0 Å². The Morgan fingerprint density at radius 2 is 1.91 bits per heavy atom. The van der Waals surface area contributed by atoms with Crippen LogP contribution in [0.4, 0.5) is 5.69 Å². The molecule has 35 heavy (non-hydrogen) atoms. The van der Waals surface area contributed by atoms with E-state index in [1.165, 1.54) is 31.6 Å². The fourth-order valence-electron chi connectivity index (χ4n) is 3.75. The molecular weight excluding hydrogens is 470 g/mol. The van der Waals surface area contributed by atoms with E-state index in [1.54, 1.807) is 67.3 Å². The monoisotopic (exact) mass is 493 g/mol. The highest BCUT2D eigenvalue weighted by molar-refractivity contribution is 7.92. The van der Waals surface area contributed by atoms with Crippen molar-refractivity contribution in [1.29, 1.82) is 0 Å². The molecule has 0 spiro atoms. The van der Waals surface area contributed by atoms with Crippen LogP contribution in [0.1, 0.15) is 21.5 Å². The molecule has 10 heteroatoms. The van der Waals surface area contributed by atoms with E-state index in [9.17, 15) is 18.4 Å². The number of pyridine rings is 1. The molecule has 1 amide bonds. The third-order valence-electron chi connectivity index (χ3n) is 5.40. The molecule has 4 aromatic rings. The molecule has 0 saturated carbocycles. The van der Waals surface area contributed by atoms with Gasteiger partial charge in [0, 0.05) is 18.0 Å². The summed E-state index contributed by atoms with van der Waals surface area (Å²) in [6, 6.07) is 16.0. The largest absolute Gasteiger partial charge is 0.497 e. The predicted octanol–water partition coefficient (Wildman–Crippen LogP) is 4.17. The van der Waals surface area contributed by atoms with Gasteiger partial charge >= 0.3 is 0 Å². The Bertz CT molecular complexity index is 1420. The van der Waals surface area contributed by atoms with E-state index in [1.807, 2.05) is 0 Å². The minimum Gasteiger partial charge on any atom is -0.497 e. The van der Waals surface area contributed by atoms with Crippen molar-refractivity contribution in [2.45, 2.75) is 18.4 Å². The first-order chi connectivity index (χ1) is 16.8. The molecular formula is C25H23N3O6S. The molecule has 2 aromatic heterocycles. The van der Waals surface area contributed by atoms with Gasteiger partial charge in [-0.3, -0.25) is 19.3 Å². The molecule has 0 aliphatic carbocycles. The van der Waals surface area contributed by atoms with Crippen LogP contribution in [0.15, 0.2) is 88.6 Å². The summed E-state index contributed by atoms with van der Waals surface area (Å²) in [5.41, 5.74) is 3.35. The van der Waals surface area contributed by atoms with Crippen molar-refractivity contribution < 1.29 is 27.6 Å². The molecule has 0 bridgehead atoms. The molecule has 0 radical (unpaired) electrons. The third-order valence-corrected chi connectivity index (χ3v) is 7.16. The third kappa shape index (κ3) is 4.88. The van der Waals surface area contributed by atoms with Crippen molar-refractivity contribution in [3.63, 3.8) is 0 Å². The van der Waals surface area contributed by atoms with Crippen molar-refractivity contribution in [2.75, 3.05) is 11.4 Å². The molecule has 0 saturated heterocycles. The number of rotatable bonds is 8. The molecule has 2 heterocycles. The number of ether oxygens (including phenoxy) is 1. The SMILES string of the molecule is COc1ccc(S(=O)(=O)N(Cc2cccnc2)c2c(C)cc(-c3ccco3)cc2C(=O)NO)cc1. The number of sulfonamides is 1. The number of aromatic nitrogens is 1. The molecule has 0 atom stereocenters. The molecule has 0 fully saturated rings. The van der Waals surface area contributed by atoms with Gasteiger partial charge in [0.2, 0.25) is 0 Å². The van der Waals surface area contributed by atoms with E-state index in [2.05, 4.69) is 4.98 Å². The fraction of sp³-hybridized carbons (Fsp3) is 0.120. The lowest BCUT2D eigenvalue weighted by atomic mass is 10.0. The minimum absolute atomic E-state index is 0.00654. The molecule has 0 aliphatic rings. The lowest BCUT2D eigenvalue weighted by Gasteiger charge is -2.28. The summed E-state index contributed by atoms with van der Waals surface area (Å²) in [4.78, 5) is 16.9. The quantitative estimate of drug-likeness (QED) is 0.279. The number of hydrogen-bond donors (Lipinski definition) is 2. The van der Waals surface area contributed by atoms with Gasteiger partial charge < -0.3 is 9.15 Å². The zero-order chi connectivity index (χ0) is 25.0. The molecule has 2 aromatic carbocycles. The number of carbonyl (C=O) groups is 1. The smallest absolute Gasteiger partial charge is 0.276 e. The van der Waals surface area contributed by atoms with Crippen molar-refractivity contribution in [3.8, 4) is 17.1 Å². The predicted molar refractivity (Wildman–Crippen MR) is 129 cm³/mol. The second-order valence-corrected chi connectivity index (χ2v) is 9.52. The van der Waals surface area contributed by atoms with Crippen LogP contribution in [-0.4, -0.2) is 31.6 Å². The normalized spacial score (nSPS) is 11.2. The van der Waals surface area contributed by atoms with Gasteiger partial charge in [-0.25, -0.2) is 13.9 Å². The summed E-state index contributed by atoms with van der Waals surface area (Å²) in [7, 11) is -2.68. The molecule has 0 aliphatic heterocycles. The summed E-state index contributed by atoms with van der Waals surface area (Å²) < 4.78 is 39.6. The summed E-state index contributed by atoms with van der Waals surface area (Å²) >= 11 is 0. The van der Waals surface area contributed by atoms with Crippen molar-refractivity contribution in [3.05, 3.63) is 96.0 Å². The van der Waals surface area contributed by atoms with Gasteiger partial charge in [0.05, 0.1) is 36.1 Å². The number of amides is 1. The first-order valence-corrected chi connectivity index (χ1v) is 12.0. The number of methoxy groups -OCH3 is 1. The Labute approximate surface area is 202 Å². The van der Waals surface area contributed by atoms with Crippen LogP contribution >= 0.6 is 0 Å². The number of carbonyl (C=O) groups excluding carboxylic acids is 1. The van der Waals surface area contributed by atoms with Crippen LogP contribution in [-0.2, 0) is 16.6 Å². The van der Waals surface area contributed by atoms with Crippen molar-refractivity contribution in [2.24, 2.45) is 0 Å². The standard InChI is InChI=1S/C25H23N3O6S/c1-17-13-19(23-6-4-12-34-23)14-22(25(29)27-30)24(17)28(16-18-5-3-11-26-15-18)35(31,32)21-9-7-20(33-2)8-10-21/h3-15,30H,16H2,1-2H3,(H,27,29). The number of aryl methyl sites for hydroxylation is 1. The Hall–Kier alpha value is -4.15. The molecule has 2 N–H and O–H groups in total. The van der Waals surface area contributed by atoms with Gasteiger partial charge in [0.25, 0.3) is 15.9 Å². The lowest BCUT2D eigenvalue weighted by Crippen LogP contribution is -2.34. The Balaban J connectivity index is 1.94. The average molecular weight is 494 g/mol. The summed E-state index contributed by atoms with van der Waals surface area (Å²) in [6.45, 7) is 1.59. The summed E-state index contributed by atoms with van der Waals surface area (Å²) in [5, 5.41) is 9.46. The van der Waals surface area contributed by atoms with Crippen LogP contribution in [0.3, 0.4) is 0 Å². The molecule has 0 unspecified atom stereocenters. The molecule has 9 nitrogen and oxygen atoms in total. The second kappa shape index (κ2) is 10.00. The van der Waals surface area contributed by atoms with Crippen LogP contribution in [0.2, 0.25) is 0 Å². The Morgan fingerprint density at radius 1 is 1.14 bits per heavy atom. The van der Waals surface area contributed by atoms with Crippen LogP contribution in [0.5, 0.6) is 5.75 Å². The second-order valence-electron chi connectivity index (χ2n) is 7.66. The van der Waals surface area contributed by atoms with E-state index in [4.69, 9.17) is 9.15 Å². The van der Waals surface area contributed by atoms with E-state index in [-0.39, 0.29) is 22.7 Å². The van der Waals surface area contributed by atoms with Gasteiger partial charge in [-0.05, 0) is 72.6 Å². The first kappa shape index (κ1) is 24.0. The highest BCUT2D eigenvalue weighted by atomic mass is 32.2. The molecule has 4 rings (SSSR count). The number of hydroxylamine groups is 1. The molecule has 180 valence electrons. The number of benzene rings is 2. The Morgan fingerprint density at radius 3 is 2.51 bits per heavy atom. The topological polar surface area (TPSA) is 122 Å². The lowest BCUT2D eigenvalue weighted by molar-refractivity contribution is 0.0707. The number of hydrogen-bond acceptors (Lipinski definition) is 7. The number of anilines is 1. The van der Waals surface area contributed by atoms with E-state index in [0.717, 1.165) is 4.31 Å². The summed E-state index contributed by atoms with van der Waals surface area (Å²) in [5.74, 6) is 0.128. The van der Waals surface area contributed by atoms with E-state index in [0.29, 0.717) is 28.2 Å².